The molecule has 0 fully saturated rings. The van der Waals surface area contributed by atoms with E-state index in [2.05, 4.69) is 35.2 Å². The fourth-order valence-electron chi connectivity index (χ4n) is 3.68. The number of hydrogen-bond donors (Lipinski definition) is 2. The molecular formula is C25H26N2O2S. The molecule has 3 aromatic carbocycles. The summed E-state index contributed by atoms with van der Waals surface area (Å²) in [6.07, 6.45) is -0.583. The first kappa shape index (κ1) is 20.4. The number of aliphatic hydroxyl groups is 1. The molecule has 4 rings (SSSR count). The third kappa shape index (κ3) is 4.82. The summed E-state index contributed by atoms with van der Waals surface area (Å²) in [5.74, 6) is 0.772. The highest BCUT2D eigenvalue weighted by Crippen LogP contribution is 2.33. The summed E-state index contributed by atoms with van der Waals surface area (Å²) >= 11 is 1.55. The Morgan fingerprint density at radius 1 is 0.967 bits per heavy atom. The molecular weight excluding hydrogens is 392 g/mol. The lowest BCUT2D eigenvalue weighted by Gasteiger charge is -2.22. The highest BCUT2D eigenvalue weighted by molar-refractivity contribution is 7.14. The van der Waals surface area contributed by atoms with Gasteiger partial charge in [-0.1, -0.05) is 54.6 Å². The van der Waals surface area contributed by atoms with Crippen LogP contribution in [0.1, 0.15) is 5.56 Å². The van der Waals surface area contributed by atoms with Crippen molar-refractivity contribution in [3.8, 4) is 16.9 Å². The van der Waals surface area contributed by atoms with Gasteiger partial charge in [-0.05, 0) is 52.5 Å². The molecule has 0 aliphatic rings. The van der Waals surface area contributed by atoms with Crippen LogP contribution in [0.3, 0.4) is 0 Å². The van der Waals surface area contributed by atoms with Crippen LogP contribution in [0.2, 0.25) is 0 Å². The number of ether oxygens (including phenoxy) is 1. The van der Waals surface area contributed by atoms with E-state index < -0.39 is 6.10 Å². The Labute approximate surface area is 181 Å². The fraction of sp³-hybridized carbons (Fsp3) is 0.200. The molecule has 4 aromatic rings. The molecule has 0 amide bonds. The Kier molecular flexibility index (Phi) is 6.33. The number of benzene rings is 3. The van der Waals surface area contributed by atoms with Gasteiger partial charge in [0.05, 0.1) is 5.00 Å². The second-order valence-electron chi connectivity index (χ2n) is 7.53. The van der Waals surface area contributed by atoms with Crippen molar-refractivity contribution in [3.05, 3.63) is 83.7 Å². The highest BCUT2D eigenvalue weighted by atomic mass is 32.1. The number of hydrogen-bond acceptors (Lipinski definition) is 5. The van der Waals surface area contributed by atoms with Crippen LogP contribution in [-0.2, 0) is 6.54 Å². The van der Waals surface area contributed by atoms with Crippen LogP contribution in [0.25, 0.3) is 21.9 Å². The van der Waals surface area contributed by atoms with E-state index in [-0.39, 0.29) is 6.61 Å². The number of nitrogen functional groups attached to an aromatic ring is 1. The van der Waals surface area contributed by atoms with Crippen LogP contribution in [0.15, 0.2) is 78.2 Å². The van der Waals surface area contributed by atoms with Crippen molar-refractivity contribution in [1.82, 2.24) is 4.90 Å². The van der Waals surface area contributed by atoms with Gasteiger partial charge in [0.2, 0.25) is 0 Å². The minimum Gasteiger partial charge on any atom is -0.491 e. The van der Waals surface area contributed by atoms with Crippen molar-refractivity contribution < 1.29 is 9.84 Å². The van der Waals surface area contributed by atoms with Crippen LogP contribution in [0.4, 0.5) is 5.00 Å². The number of aliphatic hydroxyl groups excluding tert-OH is 1. The third-order valence-corrected chi connectivity index (χ3v) is 5.87. The largest absolute Gasteiger partial charge is 0.491 e. The molecule has 0 aliphatic heterocycles. The molecule has 154 valence electrons. The zero-order valence-corrected chi connectivity index (χ0v) is 17.8. The Balaban J connectivity index is 1.35. The van der Waals surface area contributed by atoms with Gasteiger partial charge in [0.25, 0.3) is 0 Å². The number of likely N-dealkylation sites (N-methyl/N-ethyl adjacent to an activating group) is 1. The first-order valence-electron chi connectivity index (χ1n) is 9.99. The summed E-state index contributed by atoms with van der Waals surface area (Å²) in [4.78, 5) is 2.11. The van der Waals surface area contributed by atoms with Crippen LogP contribution in [0.5, 0.6) is 5.75 Å². The quantitative estimate of drug-likeness (QED) is 0.422. The summed E-state index contributed by atoms with van der Waals surface area (Å²) in [7, 11) is 2.01. The fourth-order valence-corrected chi connectivity index (χ4v) is 4.34. The van der Waals surface area contributed by atoms with Gasteiger partial charge in [-0.2, -0.15) is 0 Å². The number of nitrogens with two attached hydrogens (primary N) is 1. The van der Waals surface area contributed by atoms with Crippen LogP contribution >= 0.6 is 11.3 Å². The first-order valence-corrected chi connectivity index (χ1v) is 10.9. The lowest BCUT2D eigenvalue weighted by Crippen LogP contribution is -2.32. The van der Waals surface area contributed by atoms with Gasteiger partial charge >= 0.3 is 0 Å². The molecule has 1 heterocycles. The summed E-state index contributed by atoms with van der Waals surface area (Å²) < 4.78 is 5.83. The molecule has 1 unspecified atom stereocenters. The molecule has 0 saturated carbocycles. The van der Waals surface area contributed by atoms with Gasteiger partial charge < -0.3 is 15.6 Å². The molecule has 0 radical (unpaired) electrons. The van der Waals surface area contributed by atoms with E-state index in [1.165, 1.54) is 10.9 Å². The minimum absolute atomic E-state index is 0.252. The molecule has 0 aliphatic carbocycles. The Morgan fingerprint density at radius 3 is 2.53 bits per heavy atom. The minimum atomic E-state index is -0.583. The number of rotatable bonds is 8. The van der Waals surface area contributed by atoms with E-state index >= 15 is 0 Å². The molecule has 0 saturated heterocycles. The lowest BCUT2D eigenvalue weighted by atomic mass is 10.0. The number of thiophene rings is 1. The van der Waals surface area contributed by atoms with Crippen molar-refractivity contribution in [2.45, 2.75) is 12.6 Å². The van der Waals surface area contributed by atoms with Gasteiger partial charge in [-0.15, -0.1) is 11.3 Å². The second-order valence-corrected chi connectivity index (χ2v) is 8.47. The van der Waals surface area contributed by atoms with Gasteiger partial charge in [-0.3, -0.25) is 4.90 Å². The molecule has 30 heavy (non-hydrogen) atoms. The Bertz CT molecular complexity index is 1120. The lowest BCUT2D eigenvalue weighted by molar-refractivity contribution is 0.0745. The van der Waals surface area contributed by atoms with Gasteiger partial charge in [-0.25, -0.2) is 0 Å². The average Bonchev–Trinajstić information content (AvgIpc) is 3.18. The first-order chi connectivity index (χ1) is 14.6. The average molecular weight is 419 g/mol. The van der Waals surface area contributed by atoms with Crippen molar-refractivity contribution in [2.24, 2.45) is 0 Å². The van der Waals surface area contributed by atoms with Crippen molar-refractivity contribution >= 4 is 27.1 Å². The predicted octanol–water partition coefficient (Wildman–Crippen LogP) is 5.02. The van der Waals surface area contributed by atoms with E-state index in [4.69, 9.17) is 10.5 Å². The normalized spacial score (nSPS) is 12.4. The Morgan fingerprint density at radius 2 is 1.73 bits per heavy atom. The molecule has 0 bridgehead atoms. The summed E-state index contributed by atoms with van der Waals surface area (Å²) in [6, 6.07) is 24.5. The van der Waals surface area contributed by atoms with E-state index in [0.29, 0.717) is 6.54 Å². The van der Waals surface area contributed by atoms with Crippen LogP contribution in [0, 0.1) is 0 Å². The Hall–Kier alpha value is -2.86. The number of fused-ring (bicyclic) bond motifs is 1. The van der Waals surface area contributed by atoms with E-state index in [1.807, 2.05) is 54.9 Å². The van der Waals surface area contributed by atoms with Gasteiger partial charge in [0, 0.05) is 18.7 Å². The molecule has 0 spiro atoms. The van der Waals surface area contributed by atoms with Crippen molar-refractivity contribution in [2.75, 3.05) is 25.9 Å². The zero-order valence-electron chi connectivity index (χ0n) is 17.0. The van der Waals surface area contributed by atoms with Crippen molar-refractivity contribution in [1.29, 1.82) is 0 Å². The van der Waals surface area contributed by atoms with E-state index in [9.17, 15) is 5.11 Å². The molecule has 4 nitrogen and oxygen atoms in total. The molecule has 5 heteroatoms. The standard InChI is InChI=1S/C25H26N2O2S/c1-27(15-20-8-4-5-9-23(20)24-12-13-30-25(24)26)16-21(28)17-29-22-11-10-18-6-2-3-7-19(18)14-22/h2-14,21,28H,15-17,26H2,1H3. The zero-order chi connectivity index (χ0) is 20.9. The third-order valence-electron chi connectivity index (χ3n) is 5.13. The van der Waals surface area contributed by atoms with Crippen molar-refractivity contribution in [3.63, 3.8) is 0 Å². The van der Waals surface area contributed by atoms with E-state index in [1.54, 1.807) is 11.3 Å². The monoisotopic (exact) mass is 418 g/mol. The SMILES string of the molecule is CN(Cc1ccccc1-c1ccsc1N)CC(O)COc1ccc2ccccc2c1. The maximum atomic E-state index is 10.5. The molecule has 1 atom stereocenters. The van der Waals surface area contributed by atoms with Crippen LogP contribution in [-0.4, -0.2) is 36.3 Å². The summed E-state index contributed by atoms with van der Waals surface area (Å²) in [5.41, 5.74) is 9.54. The van der Waals surface area contributed by atoms with Gasteiger partial charge in [0.1, 0.15) is 18.5 Å². The number of anilines is 1. The summed E-state index contributed by atoms with van der Waals surface area (Å²) in [5, 5.41) is 15.6. The topological polar surface area (TPSA) is 58.7 Å². The second kappa shape index (κ2) is 9.30. The van der Waals surface area contributed by atoms with Crippen LogP contribution < -0.4 is 10.5 Å². The molecule has 1 aromatic heterocycles. The van der Waals surface area contributed by atoms with E-state index in [0.717, 1.165) is 33.8 Å². The maximum Gasteiger partial charge on any atom is 0.120 e. The summed E-state index contributed by atoms with van der Waals surface area (Å²) in [6.45, 7) is 1.49. The molecule has 3 N–H and O–H groups in total. The van der Waals surface area contributed by atoms with Gasteiger partial charge in [0.15, 0.2) is 0 Å². The smallest absolute Gasteiger partial charge is 0.120 e. The predicted molar refractivity (Wildman–Crippen MR) is 126 cm³/mol. The highest BCUT2D eigenvalue weighted by Gasteiger charge is 2.14. The number of nitrogens with zero attached hydrogens (tertiary/aromatic N) is 1. The maximum absolute atomic E-state index is 10.5.